The molecule has 3 fully saturated rings. The first-order valence-electron chi connectivity index (χ1n) is 7.51. The number of aliphatic hydroxyl groups excluding tert-OH is 1. The lowest BCUT2D eigenvalue weighted by atomic mass is 10.1. The van der Waals surface area contributed by atoms with Gasteiger partial charge in [-0.05, 0) is 51.6 Å². The van der Waals surface area contributed by atoms with E-state index >= 15 is 0 Å². The Bertz CT molecular complexity index is 253. The van der Waals surface area contributed by atoms with Crippen molar-refractivity contribution in [2.24, 2.45) is 0 Å². The van der Waals surface area contributed by atoms with E-state index < -0.39 is 0 Å². The summed E-state index contributed by atoms with van der Waals surface area (Å²) >= 11 is 0. The van der Waals surface area contributed by atoms with E-state index in [1.165, 1.54) is 64.7 Å². The molecule has 3 aliphatic rings. The first kappa shape index (κ1) is 11.9. The minimum Gasteiger partial charge on any atom is -0.391 e. The zero-order valence-corrected chi connectivity index (χ0v) is 10.9. The molecular formula is C14H26N2O. The second-order valence-electron chi connectivity index (χ2n) is 6.10. The summed E-state index contributed by atoms with van der Waals surface area (Å²) in [6.07, 6.45) is 8.94. The summed E-state index contributed by atoms with van der Waals surface area (Å²) in [6.45, 7) is 5.04. The minimum atomic E-state index is -0.0462. The van der Waals surface area contributed by atoms with Crippen molar-refractivity contribution in [1.29, 1.82) is 0 Å². The van der Waals surface area contributed by atoms with Gasteiger partial charge in [-0.25, -0.2) is 0 Å². The zero-order valence-electron chi connectivity index (χ0n) is 10.9. The predicted octanol–water partition coefficient (Wildman–Crippen LogP) is 1.46. The van der Waals surface area contributed by atoms with Crippen LogP contribution >= 0.6 is 0 Å². The number of hydrogen-bond acceptors (Lipinski definition) is 3. The van der Waals surface area contributed by atoms with Gasteiger partial charge in [-0.2, -0.15) is 0 Å². The molecule has 17 heavy (non-hydrogen) atoms. The van der Waals surface area contributed by atoms with Gasteiger partial charge < -0.3 is 5.11 Å². The second-order valence-corrected chi connectivity index (χ2v) is 6.10. The number of piperidine rings is 1. The molecule has 3 atom stereocenters. The van der Waals surface area contributed by atoms with Crippen molar-refractivity contribution in [3.05, 3.63) is 0 Å². The number of aliphatic hydroxyl groups is 1. The lowest BCUT2D eigenvalue weighted by molar-refractivity contribution is 0.0769. The molecule has 3 rings (SSSR count). The number of nitrogens with zero attached hydrogens (tertiary/aromatic N) is 2. The van der Waals surface area contributed by atoms with E-state index in [1.54, 1.807) is 0 Å². The van der Waals surface area contributed by atoms with E-state index in [1.807, 2.05) is 0 Å². The minimum absolute atomic E-state index is 0.0462. The molecule has 0 spiro atoms. The first-order valence-corrected chi connectivity index (χ1v) is 7.51. The summed E-state index contributed by atoms with van der Waals surface area (Å²) in [7, 11) is 0. The molecule has 2 heterocycles. The summed E-state index contributed by atoms with van der Waals surface area (Å²) in [6, 6.07) is 1.26. The third-order valence-corrected chi connectivity index (χ3v) is 5.01. The molecule has 0 bridgehead atoms. The Morgan fingerprint density at radius 2 is 1.59 bits per heavy atom. The lowest BCUT2D eigenvalue weighted by Gasteiger charge is -2.33. The Hall–Kier alpha value is -0.120. The van der Waals surface area contributed by atoms with Crippen molar-refractivity contribution in [3.8, 4) is 0 Å². The first-order chi connectivity index (χ1) is 8.34. The van der Waals surface area contributed by atoms with E-state index in [9.17, 15) is 5.11 Å². The normalized spacial score (nSPS) is 41.1. The fourth-order valence-electron chi connectivity index (χ4n) is 4.00. The van der Waals surface area contributed by atoms with Crippen molar-refractivity contribution < 1.29 is 5.11 Å². The van der Waals surface area contributed by atoms with Crippen molar-refractivity contribution in [3.63, 3.8) is 0 Å². The van der Waals surface area contributed by atoms with Crippen LogP contribution in [-0.2, 0) is 0 Å². The summed E-state index contributed by atoms with van der Waals surface area (Å²) in [5.41, 5.74) is 0. The summed E-state index contributed by atoms with van der Waals surface area (Å²) < 4.78 is 0. The molecular weight excluding hydrogens is 212 g/mol. The van der Waals surface area contributed by atoms with E-state index in [-0.39, 0.29) is 6.10 Å². The van der Waals surface area contributed by atoms with Crippen LogP contribution in [-0.4, -0.2) is 59.3 Å². The average molecular weight is 238 g/mol. The van der Waals surface area contributed by atoms with Gasteiger partial charge in [-0.15, -0.1) is 0 Å². The molecule has 2 aliphatic heterocycles. The molecule has 3 nitrogen and oxygen atoms in total. The van der Waals surface area contributed by atoms with Crippen LogP contribution in [0.25, 0.3) is 0 Å². The highest BCUT2D eigenvalue weighted by atomic mass is 16.3. The average Bonchev–Trinajstić information content (AvgIpc) is 2.98. The van der Waals surface area contributed by atoms with Crippen molar-refractivity contribution in [2.45, 2.75) is 63.1 Å². The Morgan fingerprint density at radius 3 is 2.29 bits per heavy atom. The van der Waals surface area contributed by atoms with Crippen LogP contribution in [0.3, 0.4) is 0 Å². The number of hydrogen-bond donors (Lipinski definition) is 1. The van der Waals surface area contributed by atoms with Crippen molar-refractivity contribution in [1.82, 2.24) is 9.80 Å². The molecule has 1 aliphatic carbocycles. The third kappa shape index (κ3) is 2.51. The van der Waals surface area contributed by atoms with Crippen LogP contribution in [0.5, 0.6) is 0 Å². The Kier molecular flexibility index (Phi) is 3.69. The number of rotatable bonds is 2. The van der Waals surface area contributed by atoms with Gasteiger partial charge >= 0.3 is 0 Å². The van der Waals surface area contributed by atoms with Gasteiger partial charge in [0.15, 0.2) is 0 Å². The van der Waals surface area contributed by atoms with Crippen molar-refractivity contribution in [2.75, 3.05) is 26.2 Å². The van der Waals surface area contributed by atoms with Gasteiger partial charge in [-0.3, -0.25) is 9.80 Å². The number of likely N-dealkylation sites (tertiary alicyclic amines) is 2. The van der Waals surface area contributed by atoms with Gasteiger partial charge in [0.25, 0.3) is 0 Å². The van der Waals surface area contributed by atoms with Crippen LogP contribution in [0.15, 0.2) is 0 Å². The third-order valence-electron chi connectivity index (χ3n) is 5.01. The highest BCUT2D eigenvalue weighted by Gasteiger charge is 2.36. The maximum atomic E-state index is 9.99. The molecule has 98 valence electrons. The van der Waals surface area contributed by atoms with Gasteiger partial charge in [-0.1, -0.05) is 6.42 Å². The quantitative estimate of drug-likeness (QED) is 0.789. The summed E-state index contributed by atoms with van der Waals surface area (Å²) in [5, 5.41) is 9.99. The fourth-order valence-corrected chi connectivity index (χ4v) is 4.00. The summed E-state index contributed by atoms with van der Waals surface area (Å²) in [5.74, 6) is 0. The largest absolute Gasteiger partial charge is 0.391 e. The molecule has 0 aromatic carbocycles. The van der Waals surface area contributed by atoms with E-state index in [2.05, 4.69) is 9.80 Å². The molecule has 1 N–H and O–H groups in total. The molecule has 1 saturated carbocycles. The van der Waals surface area contributed by atoms with Crippen LogP contribution in [0.1, 0.15) is 44.9 Å². The van der Waals surface area contributed by atoms with Crippen LogP contribution in [0.2, 0.25) is 0 Å². The van der Waals surface area contributed by atoms with Crippen LogP contribution < -0.4 is 0 Å². The monoisotopic (exact) mass is 238 g/mol. The molecule has 0 radical (unpaired) electrons. The zero-order chi connectivity index (χ0) is 11.7. The SMILES string of the molecule is OC1CCCC1N1CCC(N2CCCCC2)C1. The molecule has 0 aromatic rings. The predicted molar refractivity (Wildman–Crippen MR) is 69.0 cm³/mol. The maximum Gasteiger partial charge on any atom is 0.0695 e. The van der Waals surface area contributed by atoms with Crippen LogP contribution in [0, 0.1) is 0 Å². The topological polar surface area (TPSA) is 26.7 Å². The smallest absolute Gasteiger partial charge is 0.0695 e. The Labute approximate surface area is 105 Å². The Balaban J connectivity index is 1.54. The van der Waals surface area contributed by atoms with Crippen molar-refractivity contribution >= 4 is 0 Å². The lowest BCUT2D eigenvalue weighted by Crippen LogP contribution is -2.44. The Morgan fingerprint density at radius 1 is 0.765 bits per heavy atom. The molecule has 0 aromatic heterocycles. The van der Waals surface area contributed by atoms with Crippen LogP contribution in [0.4, 0.5) is 0 Å². The summed E-state index contributed by atoms with van der Waals surface area (Å²) in [4.78, 5) is 5.27. The van der Waals surface area contributed by atoms with E-state index in [4.69, 9.17) is 0 Å². The van der Waals surface area contributed by atoms with Gasteiger partial charge in [0, 0.05) is 25.2 Å². The fraction of sp³-hybridized carbons (Fsp3) is 1.00. The molecule has 2 saturated heterocycles. The standard InChI is InChI=1S/C14H26N2O/c17-14-6-4-5-13(14)16-10-7-12(11-16)15-8-2-1-3-9-15/h12-14,17H,1-11H2. The molecule has 0 amide bonds. The molecule has 3 heteroatoms. The van der Waals surface area contributed by atoms with Gasteiger partial charge in [0.05, 0.1) is 6.10 Å². The highest BCUT2D eigenvalue weighted by molar-refractivity contribution is 4.92. The second kappa shape index (κ2) is 5.25. The molecule has 3 unspecified atom stereocenters. The van der Waals surface area contributed by atoms with Gasteiger partial charge in [0.2, 0.25) is 0 Å². The highest BCUT2D eigenvalue weighted by Crippen LogP contribution is 2.29. The van der Waals surface area contributed by atoms with Gasteiger partial charge in [0.1, 0.15) is 0 Å². The maximum absolute atomic E-state index is 9.99. The van der Waals surface area contributed by atoms with E-state index in [0.29, 0.717) is 6.04 Å². The van der Waals surface area contributed by atoms with E-state index in [0.717, 1.165) is 12.5 Å².